The number of rotatable bonds is 5. The summed E-state index contributed by atoms with van der Waals surface area (Å²) in [6.07, 6.45) is 0. The quantitative estimate of drug-likeness (QED) is 0.197. The van der Waals surface area contributed by atoms with Gasteiger partial charge in [0, 0.05) is 33.0 Å². The Hall–Kier alpha value is -6.39. The molecule has 47 heavy (non-hydrogen) atoms. The number of hydrogen-bond donors (Lipinski definition) is 0. The van der Waals surface area contributed by atoms with Gasteiger partial charge < -0.3 is 4.42 Å². The molecule has 0 fully saturated rings. The van der Waals surface area contributed by atoms with Crippen LogP contribution in [0.2, 0.25) is 0 Å². The van der Waals surface area contributed by atoms with Gasteiger partial charge >= 0.3 is 0 Å². The minimum atomic E-state index is 0.662. The molecule has 0 radical (unpaired) electrons. The van der Waals surface area contributed by atoms with E-state index < -0.39 is 0 Å². The second-order valence-electron chi connectivity index (χ2n) is 11.6. The van der Waals surface area contributed by atoms with Crippen LogP contribution in [0.4, 0.5) is 0 Å². The molecule has 0 aliphatic heterocycles. The Morgan fingerprint density at radius 2 is 0.936 bits per heavy atom. The van der Waals surface area contributed by atoms with Gasteiger partial charge in [-0.15, -0.1) is 0 Å². The molecule has 0 bridgehead atoms. The molecule has 0 aliphatic carbocycles. The number of furan rings is 1. The zero-order valence-corrected chi connectivity index (χ0v) is 25.3. The second-order valence-corrected chi connectivity index (χ2v) is 11.6. The van der Waals surface area contributed by atoms with Gasteiger partial charge in [-0.05, 0) is 47.0 Å². The lowest BCUT2D eigenvalue weighted by Gasteiger charge is -2.12. The first-order valence-electron chi connectivity index (χ1n) is 15.7. The number of nitrogens with zero attached hydrogens (tertiary/aromatic N) is 3. The first-order valence-corrected chi connectivity index (χ1v) is 15.7. The summed E-state index contributed by atoms with van der Waals surface area (Å²) in [4.78, 5) is 15.3. The van der Waals surface area contributed by atoms with E-state index in [1.54, 1.807) is 0 Å². The highest BCUT2D eigenvalue weighted by Crippen LogP contribution is 2.40. The van der Waals surface area contributed by atoms with Gasteiger partial charge in [-0.25, -0.2) is 15.0 Å². The second kappa shape index (κ2) is 11.2. The zero-order chi connectivity index (χ0) is 31.2. The maximum atomic E-state index is 6.49. The first-order chi connectivity index (χ1) is 23.3. The average molecular weight is 602 g/mol. The Balaban J connectivity index is 1.22. The number of aromatic nitrogens is 3. The van der Waals surface area contributed by atoms with E-state index in [-0.39, 0.29) is 0 Å². The Kier molecular flexibility index (Phi) is 6.43. The van der Waals surface area contributed by atoms with E-state index in [4.69, 9.17) is 19.4 Å². The maximum absolute atomic E-state index is 6.49. The number of hydrogen-bond acceptors (Lipinski definition) is 4. The van der Waals surface area contributed by atoms with E-state index in [9.17, 15) is 0 Å². The molecule has 0 aliphatic rings. The molecule has 0 saturated carbocycles. The number of pyridine rings is 1. The van der Waals surface area contributed by atoms with Gasteiger partial charge in [-0.3, -0.25) is 0 Å². The van der Waals surface area contributed by atoms with Crippen molar-refractivity contribution < 1.29 is 4.42 Å². The van der Waals surface area contributed by atoms with Crippen molar-refractivity contribution in [3.05, 3.63) is 164 Å². The maximum Gasteiger partial charge on any atom is 0.162 e. The topological polar surface area (TPSA) is 51.8 Å². The predicted octanol–water partition coefficient (Wildman–Crippen LogP) is 11.3. The first kappa shape index (κ1) is 27.0. The fourth-order valence-corrected chi connectivity index (χ4v) is 6.38. The summed E-state index contributed by atoms with van der Waals surface area (Å²) in [5.74, 6) is 0.662. The van der Waals surface area contributed by atoms with Crippen molar-refractivity contribution in [3.63, 3.8) is 0 Å². The van der Waals surface area contributed by atoms with Crippen molar-refractivity contribution in [2.24, 2.45) is 0 Å². The third-order valence-electron chi connectivity index (χ3n) is 8.69. The fourth-order valence-electron chi connectivity index (χ4n) is 6.38. The highest BCUT2D eigenvalue weighted by Gasteiger charge is 2.19. The van der Waals surface area contributed by atoms with Gasteiger partial charge in [0.25, 0.3) is 0 Å². The van der Waals surface area contributed by atoms with Crippen LogP contribution in [0.3, 0.4) is 0 Å². The minimum Gasteiger partial charge on any atom is -0.454 e. The zero-order valence-electron chi connectivity index (χ0n) is 25.3. The number of benzene rings is 6. The summed E-state index contributed by atoms with van der Waals surface area (Å²) < 4.78 is 6.49. The molecule has 220 valence electrons. The van der Waals surface area contributed by atoms with Crippen LogP contribution in [0, 0.1) is 0 Å². The molecule has 0 saturated heterocycles. The van der Waals surface area contributed by atoms with Crippen LogP contribution in [-0.2, 0) is 0 Å². The molecule has 3 aromatic heterocycles. The molecule has 0 spiro atoms. The third kappa shape index (κ3) is 4.84. The SMILES string of the molecule is c1ccc(-c2ccc(-c3cc(-c4ccccc4)nc(-c4cccc(-c5c6ccccc6nc6c5oc5ccccc56)c4)n3)cc2)cc1. The van der Waals surface area contributed by atoms with Crippen LogP contribution in [0.5, 0.6) is 0 Å². The number of para-hydroxylation sites is 2. The Morgan fingerprint density at radius 1 is 0.383 bits per heavy atom. The predicted molar refractivity (Wildman–Crippen MR) is 192 cm³/mol. The van der Waals surface area contributed by atoms with Crippen LogP contribution in [0.25, 0.3) is 89.1 Å². The van der Waals surface area contributed by atoms with Crippen LogP contribution < -0.4 is 0 Å². The molecule has 0 atom stereocenters. The van der Waals surface area contributed by atoms with E-state index in [0.29, 0.717) is 5.82 Å². The highest BCUT2D eigenvalue weighted by atomic mass is 16.3. The highest BCUT2D eigenvalue weighted by molar-refractivity contribution is 6.15. The van der Waals surface area contributed by atoms with E-state index in [0.717, 1.165) is 72.2 Å². The molecular formula is C43H27N3O. The van der Waals surface area contributed by atoms with Crippen LogP contribution in [0.1, 0.15) is 0 Å². The van der Waals surface area contributed by atoms with Crippen molar-refractivity contribution in [2.45, 2.75) is 0 Å². The van der Waals surface area contributed by atoms with Gasteiger partial charge in [0.2, 0.25) is 0 Å². The molecule has 3 heterocycles. The van der Waals surface area contributed by atoms with E-state index in [1.807, 2.05) is 54.6 Å². The number of fused-ring (bicyclic) bond motifs is 4. The summed E-state index contributed by atoms with van der Waals surface area (Å²) in [7, 11) is 0. The van der Waals surface area contributed by atoms with Gasteiger partial charge in [-0.1, -0.05) is 133 Å². The third-order valence-corrected chi connectivity index (χ3v) is 8.69. The summed E-state index contributed by atoms with van der Waals surface area (Å²) in [6.45, 7) is 0. The monoisotopic (exact) mass is 601 g/mol. The summed E-state index contributed by atoms with van der Waals surface area (Å²) in [5.41, 5.74) is 12.5. The normalized spacial score (nSPS) is 11.4. The Labute approximate surface area is 271 Å². The molecule has 9 rings (SSSR count). The van der Waals surface area contributed by atoms with Crippen molar-refractivity contribution in [2.75, 3.05) is 0 Å². The van der Waals surface area contributed by atoms with Gasteiger partial charge in [0.1, 0.15) is 11.1 Å². The van der Waals surface area contributed by atoms with Crippen molar-refractivity contribution in [1.82, 2.24) is 15.0 Å². The van der Waals surface area contributed by atoms with Crippen LogP contribution >= 0.6 is 0 Å². The average Bonchev–Trinajstić information content (AvgIpc) is 3.52. The summed E-state index contributed by atoms with van der Waals surface area (Å²) >= 11 is 0. The lowest BCUT2D eigenvalue weighted by molar-refractivity contribution is 0.670. The van der Waals surface area contributed by atoms with E-state index in [2.05, 4.69) is 109 Å². The molecule has 0 unspecified atom stereocenters. The van der Waals surface area contributed by atoms with Crippen LogP contribution in [0.15, 0.2) is 168 Å². The van der Waals surface area contributed by atoms with Crippen LogP contribution in [-0.4, -0.2) is 15.0 Å². The standard InChI is InChI=1S/C43H27N3O/c1-3-12-28(13-4-1)29-22-24-31(25-23-29)38-27-37(30-14-5-2-6-15-30)45-43(46-38)33-17-11-16-32(26-33)40-34-18-7-9-20-36(34)44-41-35-19-8-10-21-39(35)47-42(40)41/h1-27H. The fraction of sp³-hybridized carbons (Fsp3) is 0. The van der Waals surface area contributed by atoms with Crippen molar-refractivity contribution in [1.29, 1.82) is 0 Å². The van der Waals surface area contributed by atoms with Gasteiger partial charge in [0.15, 0.2) is 11.4 Å². The molecule has 6 aromatic carbocycles. The molecule has 0 amide bonds. The van der Waals surface area contributed by atoms with E-state index >= 15 is 0 Å². The summed E-state index contributed by atoms with van der Waals surface area (Å²) in [5, 5.41) is 2.04. The molecule has 4 nitrogen and oxygen atoms in total. The molecular weight excluding hydrogens is 574 g/mol. The van der Waals surface area contributed by atoms with Gasteiger partial charge in [-0.2, -0.15) is 0 Å². The molecule has 4 heteroatoms. The molecule has 9 aromatic rings. The van der Waals surface area contributed by atoms with Gasteiger partial charge in [0.05, 0.1) is 16.9 Å². The Morgan fingerprint density at radius 3 is 1.70 bits per heavy atom. The summed E-state index contributed by atoms with van der Waals surface area (Å²) in [6, 6.07) is 56.2. The molecule has 0 N–H and O–H groups in total. The lowest BCUT2D eigenvalue weighted by Crippen LogP contribution is -1.96. The van der Waals surface area contributed by atoms with Crippen molar-refractivity contribution >= 4 is 33.0 Å². The largest absolute Gasteiger partial charge is 0.454 e. The minimum absolute atomic E-state index is 0.662. The lowest BCUT2D eigenvalue weighted by atomic mass is 9.97. The Bertz CT molecular complexity index is 2550. The smallest absolute Gasteiger partial charge is 0.162 e. The van der Waals surface area contributed by atoms with E-state index in [1.165, 1.54) is 11.1 Å². The van der Waals surface area contributed by atoms with Crippen molar-refractivity contribution in [3.8, 4) is 56.2 Å².